The Morgan fingerprint density at radius 3 is 2.61 bits per heavy atom. The highest BCUT2D eigenvalue weighted by Gasteiger charge is 2.34. The summed E-state index contributed by atoms with van der Waals surface area (Å²) in [6.07, 6.45) is 6.79. The molecule has 0 saturated carbocycles. The first-order chi connectivity index (χ1) is 17.0. The molecule has 0 spiro atoms. The highest BCUT2D eigenvalue weighted by Crippen LogP contribution is 2.32. The zero-order valence-corrected chi connectivity index (χ0v) is 22.5. The van der Waals surface area contributed by atoms with E-state index in [1.165, 1.54) is 17.5 Å². The van der Waals surface area contributed by atoms with Crippen molar-refractivity contribution in [1.29, 1.82) is 0 Å². The molecule has 1 atom stereocenters. The lowest BCUT2D eigenvalue weighted by atomic mass is 10.1. The van der Waals surface area contributed by atoms with Crippen molar-refractivity contribution in [1.82, 2.24) is 24.8 Å². The second kappa shape index (κ2) is 10.2. The molecule has 9 nitrogen and oxygen atoms in total. The number of aryl methyl sites for hydroxylation is 2. The van der Waals surface area contributed by atoms with E-state index in [1.807, 2.05) is 40.0 Å². The lowest BCUT2D eigenvalue weighted by molar-refractivity contribution is 0.00940. The van der Waals surface area contributed by atoms with Crippen LogP contribution in [0.25, 0.3) is 10.6 Å². The number of piperazine rings is 1. The number of carbonyl (C=O) groups excluding carboxylic acids is 2. The third kappa shape index (κ3) is 5.83. The number of thiazole rings is 2. The molecule has 2 amide bonds. The first kappa shape index (κ1) is 25.6. The second-order valence-corrected chi connectivity index (χ2v) is 11.4. The van der Waals surface area contributed by atoms with Crippen molar-refractivity contribution in [3.8, 4) is 22.9 Å². The van der Waals surface area contributed by atoms with Gasteiger partial charge in [-0.1, -0.05) is 5.92 Å². The normalized spacial score (nSPS) is 15.9. The van der Waals surface area contributed by atoms with Crippen LogP contribution >= 0.6 is 22.7 Å². The minimum absolute atomic E-state index is 0.218. The molecule has 1 N–H and O–H groups in total. The Bertz CT molecular complexity index is 1300. The van der Waals surface area contributed by atoms with Crippen LogP contribution in [0.5, 0.6) is 0 Å². The minimum Gasteiger partial charge on any atom is -0.444 e. The predicted molar refractivity (Wildman–Crippen MR) is 142 cm³/mol. The average Bonchev–Trinajstić information content (AvgIpc) is 3.42. The molecule has 4 rings (SSSR count). The predicted octanol–water partition coefficient (Wildman–Crippen LogP) is 4.72. The fourth-order valence-electron chi connectivity index (χ4n) is 3.74. The Kier molecular flexibility index (Phi) is 7.28. The topological polar surface area (TPSA) is 101 Å². The maximum absolute atomic E-state index is 13.2. The number of pyridine rings is 1. The third-order valence-corrected chi connectivity index (χ3v) is 7.22. The SMILES string of the molecule is C#C[C@H]1CN(C(=O)OC(C)(C)C)CCN1C(=O)c1ccc(Nc2nc(-c3sc(C)nc3C)cs2)nc1. The van der Waals surface area contributed by atoms with Gasteiger partial charge in [0, 0.05) is 24.7 Å². The van der Waals surface area contributed by atoms with Gasteiger partial charge in [-0.3, -0.25) is 4.79 Å². The molecule has 1 aliphatic rings. The number of terminal acetylenes is 1. The highest BCUT2D eigenvalue weighted by atomic mass is 32.1. The van der Waals surface area contributed by atoms with E-state index < -0.39 is 17.7 Å². The van der Waals surface area contributed by atoms with Crippen LogP contribution in [0.15, 0.2) is 23.7 Å². The molecule has 1 aliphatic heterocycles. The van der Waals surface area contributed by atoms with Crippen LogP contribution < -0.4 is 5.32 Å². The van der Waals surface area contributed by atoms with E-state index in [-0.39, 0.29) is 12.5 Å². The fourth-order valence-corrected chi connectivity index (χ4v) is 5.40. The van der Waals surface area contributed by atoms with Gasteiger partial charge in [-0.05, 0) is 46.8 Å². The van der Waals surface area contributed by atoms with Gasteiger partial charge in [0.15, 0.2) is 5.13 Å². The van der Waals surface area contributed by atoms with Gasteiger partial charge >= 0.3 is 6.09 Å². The number of nitrogens with zero attached hydrogens (tertiary/aromatic N) is 5. The quantitative estimate of drug-likeness (QED) is 0.493. The van der Waals surface area contributed by atoms with Crippen LogP contribution in [0, 0.1) is 26.2 Å². The number of rotatable bonds is 4. The number of anilines is 2. The summed E-state index contributed by atoms with van der Waals surface area (Å²) in [5, 5.41) is 6.88. The van der Waals surface area contributed by atoms with E-state index in [9.17, 15) is 9.59 Å². The fraction of sp³-hybridized carbons (Fsp3) is 0.400. The van der Waals surface area contributed by atoms with Gasteiger partial charge in [0.25, 0.3) is 5.91 Å². The molecule has 0 aromatic carbocycles. The molecule has 1 fully saturated rings. The molecule has 188 valence electrons. The van der Waals surface area contributed by atoms with Crippen LogP contribution in [-0.2, 0) is 4.74 Å². The number of carbonyl (C=O) groups is 2. The smallest absolute Gasteiger partial charge is 0.410 e. The Balaban J connectivity index is 1.39. The Labute approximate surface area is 218 Å². The van der Waals surface area contributed by atoms with Crippen molar-refractivity contribution in [2.24, 2.45) is 0 Å². The van der Waals surface area contributed by atoms with Gasteiger partial charge < -0.3 is 19.9 Å². The van der Waals surface area contributed by atoms with Gasteiger partial charge in [-0.25, -0.2) is 19.7 Å². The summed E-state index contributed by atoms with van der Waals surface area (Å²) in [4.78, 5) is 43.3. The van der Waals surface area contributed by atoms with Crippen molar-refractivity contribution in [3.05, 3.63) is 40.0 Å². The molecule has 0 radical (unpaired) electrons. The lowest BCUT2D eigenvalue weighted by Gasteiger charge is -2.39. The molecule has 0 unspecified atom stereocenters. The summed E-state index contributed by atoms with van der Waals surface area (Å²) in [6.45, 7) is 10.3. The summed E-state index contributed by atoms with van der Waals surface area (Å²) in [6, 6.07) is 2.89. The van der Waals surface area contributed by atoms with E-state index in [2.05, 4.69) is 26.2 Å². The van der Waals surface area contributed by atoms with Crippen LogP contribution in [-0.4, -0.2) is 68.0 Å². The zero-order chi connectivity index (χ0) is 26.0. The number of hydrogen-bond acceptors (Lipinski definition) is 9. The van der Waals surface area contributed by atoms with Crippen molar-refractivity contribution in [2.45, 2.75) is 46.3 Å². The number of nitrogens with one attached hydrogen (secondary N) is 1. The van der Waals surface area contributed by atoms with Crippen molar-refractivity contribution >= 4 is 45.6 Å². The number of amides is 2. The van der Waals surface area contributed by atoms with Crippen LogP contribution in [0.3, 0.4) is 0 Å². The lowest BCUT2D eigenvalue weighted by Crippen LogP contribution is -2.56. The standard InChI is InChI=1S/C25H28N6O3S2/c1-7-18-13-30(24(33)34-25(4,5)6)10-11-31(18)22(32)17-8-9-20(26-12-17)29-23-28-19(14-35-23)21-15(2)27-16(3)36-21/h1,8-9,12,14,18H,10-11,13H2,2-6H3,(H,26,28,29)/t18-/m0/s1. The molecular formula is C25H28N6O3S2. The molecular weight excluding hydrogens is 496 g/mol. The molecule has 11 heteroatoms. The van der Waals surface area contributed by atoms with Gasteiger partial charge in [0.05, 0.1) is 33.4 Å². The van der Waals surface area contributed by atoms with Crippen molar-refractivity contribution in [3.63, 3.8) is 0 Å². The van der Waals surface area contributed by atoms with Gasteiger partial charge in [-0.15, -0.1) is 29.1 Å². The minimum atomic E-state index is -0.601. The van der Waals surface area contributed by atoms with Gasteiger partial charge in [-0.2, -0.15) is 0 Å². The molecule has 0 aliphatic carbocycles. The molecule has 3 aromatic rings. The monoisotopic (exact) mass is 524 g/mol. The zero-order valence-electron chi connectivity index (χ0n) is 20.9. The summed E-state index contributed by atoms with van der Waals surface area (Å²) in [5.74, 6) is 2.98. The molecule has 3 aromatic heterocycles. The van der Waals surface area contributed by atoms with Gasteiger partial charge in [0.2, 0.25) is 0 Å². The summed E-state index contributed by atoms with van der Waals surface area (Å²) < 4.78 is 5.44. The Hall–Kier alpha value is -3.49. The van der Waals surface area contributed by atoms with Crippen LogP contribution in [0.2, 0.25) is 0 Å². The maximum atomic E-state index is 13.2. The van der Waals surface area contributed by atoms with E-state index in [4.69, 9.17) is 11.2 Å². The van der Waals surface area contributed by atoms with Crippen LogP contribution in [0.4, 0.5) is 15.7 Å². The second-order valence-electron chi connectivity index (χ2n) is 9.35. The molecule has 36 heavy (non-hydrogen) atoms. The third-order valence-electron chi connectivity index (χ3n) is 5.37. The van der Waals surface area contributed by atoms with Crippen LogP contribution in [0.1, 0.15) is 41.8 Å². The van der Waals surface area contributed by atoms with Gasteiger partial charge in [0.1, 0.15) is 17.5 Å². The van der Waals surface area contributed by atoms with E-state index in [1.54, 1.807) is 33.3 Å². The summed E-state index contributed by atoms with van der Waals surface area (Å²) in [5.41, 5.74) is 1.66. The number of aromatic nitrogens is 3. The van der Waals surface area contributed by atoms with E-state index in [0.717, 1.165) is 21.3 Å². The van der Waals surface area contributed by atoms with Crippen molar-refractivity contribution in [2.75, 3.05) is 25.0 Å². The Morgan fingerprint density at radius 1 is 1.22 bits per heavy atom. The van der Waals surface area contributed by atoms with E-state index >= 15 is 0 Å². The molecule has 4 heterocycles. The maximum Gasteiger partial charge on any atom is 0.410 e. The first-order valence-electron chi connectivity index (χ1n) is 11.4. The largest absolute Gasteiger partial charge is 0.444 e. The summed E-state index contributed by atoms with van der Waals surface area (Å²) in [7, 11) is 0. The van der Waals surface area contributed by atoms with E-state index in [0.29, 0.717) is 29.6 Å². The first-order valence-corrected chi connectivity index (χ1v) is 13.1. The molecule has 1 saturated heterocycles. The summed E-state index contributed by atoms with van der Waals surface area (Å²) >= 11 is 3.09. The average molecular weight is 525 g/mol. The number of ether oxygens (including phenoxy) is 1. The molecule has 0 bridgehead atoms. The highest BCUT2D eigenvalue weighted by molar-refractivity contribution is 7.16. The van der Waals surface area contributed by atoms with Crippen molar-refractivity contribution < 1.29 is 14.3 Å². The Morgan fingerprint density at radius 2 is 2.00 bits per heavy atom. The number of hydrogen-bond donors (Lipinski definition) is 1.